The molecule has 0 saturated carbocycles. The second kappa shape index (κ2) is 8.71. The predicted molar refractivity (Wildman–Crippen MR) is 133 cm³/mol. The first-order chi connectivity index (χ1) is 16.9. The summed E-state index contributed by atoms with van der Waals surface area (Å²) in [5.41, 5.74) is 1.38. The Balaban J connectivity index is 1.48. The topological polar surface area (TPSA) is 114 Å². The van der Waals surface area contributed by atoms with Crippen LogP contribution in [-0.2, 0) is 20.5 Å². The summed E-state index contributed by atoms with van der Waals surface area (Å²) in [4.78, 5) is 13.4. The zero-order valence-electron chi connectivity index (χ0n) is 20.0. The van der Waals surface area contributed by atoms with E-state index in [2.05, 4.69) is 20.3 Å². The molecule has 3 aromatic rings. The number of fused-ring (bicyclic) bond motifs is 2. The number of halogens is 2. The number of benzene rings is 1. The van der Waals surface area contributed by atoms with Crippen molar-refractivity contribution in [2.24, 2.45) is 0 Å². The summed E-state index contributed by atoms with van der Waals surface area (Å²) in [6.07, 6.45) is 3.09. The Hall–Kier alpha value is -2.69. The number of alkyl halides is 2. The van der Waals surface area contributed by atoms with Crippen LogP contribution in [0.2, 0.25) is 0 Å². The molecule has 0 bridgehead atoms. The highest BCUT2D eigenvalue weighted by Crippen LogP contribution is 2.47. The first-order valence-electron chi connectivity index (χ1n) is 11.5. The van der Waals surface area contributed by atoms with Crippen LogP contribution in [0.4, 0.5) is 14.6 Å². The van der Waals surface area contributed by atoms with Gasteiger partial charge in [0, 0.05) is 36.4 Å². The van der Waals surface area contributed by atoms with Crippen molar-refractivity contribution in [3.8, 4) is 5.75 Å². The van der Waals surface area contributed by atoms with E-state index in [4.69, 9.17) is 4.74 Å². The monoisotopic (exact) mass is 537 g/mol. The van der Waals surface area contributed by atoms with E-state index in [0.29, 0.717) is 33.5 Å². The average Bonchev–Trinajstić information content (AvgIpc) is 3.13. The molecule has 2 aliphatic heterocycles. The van der Waals surface area contributed by atoms with Gasteiger partial charge >= 0.3 is 5.92 Å². The number of nitrogens with zero attached hydrogens (tertiary/aromatic N) is 4. The standard InChI is InChI=1S/C23H26F2N5O4PS/c1-14(16-5-4-6-18-21(16)34-13-23(18,24)25)27-22-17-11-20(26-12-19(17)28-15(2)29-22)35(31)9-7-30(8-10-35)36(3,32)33/h4-6,11-12,14H,7-10,13H2,1-3H3,(H,27,28,29)/t14-/m1/s1. The Morgan fingerprint density at radius 1 is 1.22 bits per heavy atom. The van der Waals surface area contributed by atoms with Crippen molar-refractivity contribution in [2.75, 3.05) is 43.6 Å². The van der Waals surface area contributed by atoms with Gasteiger partial charge in [0.15, 0.2) is 6.61 Å². The highest BCUT2D eigenvalue weighted by atomic mass is 32.2. The molecule has 1 saturated heterocycles. The van der Waals surface area contributed by atoms with E-state index in [-0.39, 0.29) is 36.7 Å². The molecule has 0 spiro atoms. The van der Waals surface area contributed by atoms with E-state index in [1.165, 1.54) is 10.4 Å². The number of para-hydroxylation sites is 1. The summed E-state index contributed by atoms with van der Waals surface area (Å²) >= 11 is 0. The normalized spacial score (nSPS) is 20.0. The van der Waals surface area contributed by atoms with Crippen LogP contribution in [0.3, 0.4) is 0 Å². The number of ether oxygens (including phenoxy) is 1. The molecule has 0 radical (unpaired) electrons. The SMILES string of the molecule is Cc1nc(N[C@H](C)c2cccc3c2OCC3(F)F)c2cc(P3(=O)CCN(S(C)(=O)=O)CC3)ncc2n1. The maximum atomic E-state index is 14.2. The van der Waals surface area contributed by atoms with E-state index < -0.39 is 35.7 Å². The third-order valence-corrected chi connectivity index (χ3v) is 10.9. The van der Waals surface area contributed by atoms with E-state index in [9.17, 15) is 21.8 Å². The Morgan fingerprint density at radius 2 is 1.94 bits per heavy atom. The largest absolute Gasteiger partial charge is 0.486 e. The minimum Gasteiger partial charge on any atom is -0.486 e. The molecule has 0 aliphatic carbocycles. The molecule has 0 amide bonds. The van der Waals surface area contributed by atoms with Gasteiger partial charge in [0.1, 0.15) is 30.0 Å². The fourth-order valence-corrected chi connectivity index (χ4v) is 8.23. The fraction of sp³-hybridized carbons (Fsp3) is 0.435. The van der Waals surface area contributed by atoms with Crippen LogP contribution in [0.25, 0.3) is 10.9 Å². The van der Waals surface area contributed by atoms with Gasteiger partial charge in [-0.1, -0.05) is 12.1 Å². The molecule has 1 aromatic carbocycles. The number of aromatic nitrogens is 3. The quantitative estimate of drug-likeness (QED) is 0.494. The van der Waals surface area contributed by atoms with Crippen LogP contribution in [0.15, 0.2) is 30.5 Å². The minimum atomic E-state index is -3.35. The van der Waals surface area contributed by atoms with Crippen molar-refractivity contribution >= 4 is 39.3 Å². The van der Waals surface area contributed by atoms with Gasteiger partial charge in [-0.05, 0) is 26.0 Å². The third kappa shape index (κ3) is 4.46. The first-order valence-corrected chi connectivity index (χ1v) is 15.4. The highest BCUT2D eigenvalue weighted by molar-refractivity contribution is 7.88. The lowest BCUT2D eigenvalue weighted by atomic mass is 10.0. The molecule has 1 atom stereocenters. The lowest BCUT2D eigenvalue weighted by Crippen LogP contribution is -2.40. The number of nitrogens with one attached hydrogen (secondary N) is 1. The van der Waals surface area contributed by atoms with E-state index in [1.807, 2.05) is 6.92 Å². The van der Waals surface area contributed by atoms with Crippen LogP contribution < -0.4 is 15.5 Å². The van der Waals surface area contributed by atoms with E-state index in [1.54, 1.807) is 31.3 Å². The summed E-state index contributed by atoms with van der Waals surface area (Å²) in [6, 6.07) is 5.94. The van der Waals surface area contributed by atoms with E-state index in [0.717, 1.165) is 6.26 Å². The second-order valence-corrected chi connectivity index (χ2v) is 14.4. The van der Waals surface area contributed by atoms with Gasteiger partial charge in [-0.2, -0.15) is 8.78 Å². The average molecular weight is 538 g/mol. The molecule has 2 aliphatic rings. The lowest BCUT2D eigenvalue weighted by Gasteiger charge is -2.30. The molecule has 36 heavy (non-hydrogen) atoms. The van der Waals surface area contributed by atoms with Gasteiger partial charge < -0.3 is 14.6 Å². The Morgan fingerprint density at radius 3 is 2.64 bits per heavy atom. The first kappa shape index (κ1) is 25.0. The second-order valence-electron chi connectivity index (χ2n) is 9.26. The summed E-state index contributed by atoms with van der Waals surface area (Å²) in [7, 11) is -6.28. The minimum absolute atomic E-state index is 0.137. The van der Waals surface area contributed by atoms with Gasteiger partial charge in [0.2, 0.25) is 10.0 Å². The predicted octanol–water partition coefficient (Wildman–Crippen LogP) is 3.25. The molecule has 4 heterocycles. The number of sulfonamides is 1. The maximum absolute atomic E-state index is 14.2. The van der Waals surface area contributed by atoms with E-state index >= 15 is 0 Å². The molecule has 0 unspecified atom stereocenters. The number of hydrogen-bond acceptors (Lipinski definition) is 8. The molecule has 5 rings (SSSR count). The number of rotatable bonds is 5. The summed E-state index contributed by atoms with van der Waals surface area (Å²) in [5, 5.41) is 3.88. The zero-order valence-corrected chi connectivity index (χ0v) is 21.7. The van der Waals surface area contributed by atoms with Gasteiger partial charge in [0.25, 0.3) is 0 Å². The summed E-state index contributed by atoms with van der Waals surface area (Å²) in [5.74, 6) is -1.93. The van der Waals surface area contributed by atoms with Crippen LogP contribution in [0, 0.1) is 6.92 Å². The van der Waals surface area contributed by atoms with Crippen molar-refractivity contribution in [3.63, 3.8) is 0 Å². The smallest absolute Gasteiger partial charge is 0.310 e. The molecule has 9 nitrogen and oxygen atoms in total. The number of anilines is 1. The van der Waals surface area contributed by atoms with Crippen molar-refractivity contribution in [1.29, 1.82) is 0 Å². The van der Waals surface area contributed by atoms with Gasteiger partial charge in [-0.25, -0.2) is 22.7 Å². The number of hydrogen-bond donors (Lipinski definition) is 1. The Bertz CT molecular complexity index is 1510. The maximum Gasteiger partial charge on any atom is 0.310 e. The highest BCUT2D eigenvalue weighted by Gasteiger charge is 2.43. The molecule has 13 heteroatoms. The third-order valence-electron chi connectivity index (χ3n) is 6.64. The van der Waals surface area contributed by atoms with Crippen LogP contribution in [0.1, 0.15) is 29.9 Å². The molecule has 2 aromatic heterocycles. The summed E-state index contributed by atoms with van der Waals surface area (Å²) < 4.78 is 72.5. The van der Waals surface area contributed by atoms with Crippen LogP contribution in [0.5, 0.6) is 5.75 Å². The molecule has 192 valence electrons. The molecule has 1 fully saturated rings. The van der Waals surface area contributed by atoms with Crippen LogP contribution >= 0.6 is 7.14 Å². The Labute approximate surface area is 207 Å². The lowest BCUT2D eigenvalue weighted by molar-refractivity contribution is -0.0214. The van der Waals surface area contributed by atoms with Crippen LogP contribution in [-0.4, -0.2) is 66.0 Å². The fourth-order valence-electron chi connectivity index (χ4n) is 4.67. The van der Waals surface area contributed by atoms with Gasteiger partial charge in [0.05, 0.1) is 29.6 Å². The van der Waals surface area contributed by atoms with Gasteiger partial charge in [-0.3, -0.25) is 4.98 Å². The molecular formula is C23H26F2N5O4PS. The zero-order chi connectivity index (χ0) is 25.9. The van der Waals surface area contributed by atoms with Crippen molar-refractivity contribution < 1.29 is 26.5 Å². The number of pyridine rings is 1. The number of aryl methyl sites for hydroxylation is 1. The van der Waals surface area contributed by atoms with Crippen molar-refractivity contribution in [1.82, 2.24) is 19.3 Å². The summed E-state index contributed by atoms with van der Waals surface area (Å²) in [6.45, 7) is 3.21. The van der Waals surface area contributed by atoms with Gasteiger partial charge in [-0.15, -0.1) is 0 Å². The van der Waals surface area contributed by atoms with Crippen molar-refractivity contribution in [3.05, 3.63) is 47.4 Å². The Kier molecular flexibility index (Phi) is 6.04. The van der Waals surface area contributed by atoms with Crippen molar-refractivity contribution in [2.45, 2.75) is 25.8 Å². The molecule has 1 N–H and O–H groups in total. The molecular weight excluding hydrogens is 511 g/mol.